The zero-order valence-electron chi connectivity index (χ0n) is 12.5. The average Bonchev–Trinajstić information content (AvgIpc) is 2.73. The number of unbranched alkanes of at least 4 members (excludes halogenated alkanes) is 2. The molecule has 1 saturated heterocycles. The summed E-state index contributed by atoms with van der Waals surface area (Å²) in [5.74, 6) is 0. The summed E-state index contributed by atoms with van der Waals surface area (Å²) in [6.07, 6.45) is 6.39. The monoisotopic (exact) mass is 362 g/mol. The van der Waals surface area contributed by atoms with Gasteiger partial charge in [0.2, 0.25) is 0 Å². The summed E-state index contributed by atoms with van der Waals surface area (Å²) >= 11 is 0. The molecule has 0 aromatic carbocycles. The molecular formula is C14H27NO4Y. The molecule has 5 nitrogen and oxygen atoms in total. The van der Waals surface area contributed by atoms with Gasteiger partial charge in [-0.1, -0.05) is 12.2 Å². The van der Waals surface area contributed by atoms with Gasteiger partial charge < -0.3 is 25.0 Å². The van der Waals surface area contributed by atoms with E-state index in [2.05, 4.69) is 11.4 Å². The molecule has 0 spiro atoms. The number of aliphatic hydroxyl groups is 2. The summed E-state index contributed by atoms with van der Waals surface area (Å²) in [6.45, 7) is 0.922. The molecule has 1 rings (SSSR count). The Morgan fingerprint density at radius 1 is 1.25 bits per heavy atom. The van der Waals surface area contributed by atoms with Crippen molar-refractivity contribution in [2.75, 3.05) is 27.3 Å². The Hall–Kier alpha value is 0.644. The Labute approximate surface area is 147 Å². The zero-order chi connectivity index (χ0) is 14.1. The maximum absolute atomic E-state index is 10.0. The third-order valence-electron chi connectivity index (χ3n) is 3.47. The summed E-state index contributed by atoms with van der Waals surface area (Å²) in [6, 6.07) is 0. The molecule has 115 valence electrons. The number of ether oxygens (including phenoxy) is 2. The van der Waals surface area contributed by atoms with Crippen LogP contribution in [0.2, 0.25) is 0 Å². The first-order chi connectivity index (χ1) is 9.24. The second kappa shape index (κ2) is 12.2. The molecule has 4 atom stereocenters. The van der Waals surface area contributed by atoms with Crippen molar-refractivity contribution in [3.8, 4) is 0 Å². The van der Waals surface area contributed by atoms with E-state index >= 15 is 0 Å². The van der Waals surface area contributed by atoms with Gasteiger partial charge in [-0.25, -0.2) is 0 Å². The van der Waals surface area contributed by atoms with Crippen molar-refractivity contribution in [3.05, 3.63) is 12.2 Å². The van der Waals surface area contributed by atoms with Crippen molar-refractivity contribution in [1.29, 1.82) is 0 Å². The number of aliphatic hydroxyl groups excluding tert-OH is 2. The van der Waals surface area contributed by atoms with Crippen LogP contribution in [0.25, 0.3) is 0 Å². The van der Waals surface area contributed by atoms with Crippen molar-refractivity contribution in [1.82, 2.24) is 5.32 Å². The molecule has 3 N–H and O–H groups in total. The van der Waals surface area contributed by atoms with Gasteiger partial charge in [0.1, 0.15) is 18.3 Å². The number of methoxy groups -OCH3 is 1. The van der Waals surface area contributed by atoms with Gasteiger partial charge in [0.25, 0.3) is 0 Å². The van der Waals surface area contributed by atoms with Gasteiger partial charge in [-0.15, -0.1) is 0 Å². The van der Waals surface area contributed by atoms with Gasteiger partial charge in [0.15, 0.2) is 0 Å². The number of nitrogens with one attached hydrogen (secondary N) is 1. The van der Waals surface area contributed by atoms with Gasteiger partial charge >= 0.3 is 0 Å². The van der Waals surface area contributed by atoms with Crippen LogP contribution in [-0.4, -0.2) is 61.9 Å². The smallest absolute Gasteiger partial charge is 0.114 e. The Balaban J connectivity index is 0.00000361. The minimum atomic E-state index is -0.670. The van der Waals surface area contributed by atoms with E-state index in [1.165, 1.54) is 13.5 Å². The maximum Gasteiger partial charge on any atom is 0.114 e. The number of rotatable bonds is 9. The quantitative estimate of drug-likeness (QED) is 0.411. The van der Waals surface area contributed by atoms with Gasteiger partial charge in [0.05, 0.1) is 12.7 Å². The minimum absolute atomic E-state index is 0. The van der Waals surface area contributed by atoms with Crippen LogP contribution in [0.3, 0.4) is 0 Å². The number of hydrogen-bond acceptors (Lipinski definition) is 5. The molecule has 0 bridgehead atoms. The van der Waals surface area contributed by atoms with Crippen LogP contribution < -0.4 is 5.32 Å². The molecule has 6 heteroatoms. The van der Waals surface area contributed by atoms with Crippen LogP contribution in [0.15, 0.2) is 12.2 Å². The fourth-order valence-corrected chi connectivity index (χ4v) is 2.36. The molecule has 1 aliphatic rings. The molecule has 1 aliphatic heterocycles. The van der Waals surface area contributed by atoms with Crippen molar-refractivity contribution < 1.29 is 52.4 Å². The first kappa shape index (κ1) is 20.6. The normalized spacial score (nSPS) is 29.8. The molecule has 1 fully saturated rings. The van der Waals surface area contributed by atoms with E-state index < -0.39 is 18.3 Å². The van der Waals surface area contributed by atoms with E-state index in [1.54, 1.807) is 0 Å². The van der Waals surface area contributed by atoms with Crippen molar-refractivity contribution >= 4 is 0 Å². The van der Waals surface area contributed by atoms with Crippen LogP contribution in [0.4, 0.5) is 0 Å². The van der Waals surface area contributed by atoms with Gasteiger partial charge in [0, 0.05) is 39.8 Å². The van der Waals surface area contributed by atoms with E-state index in [-0.39, 0.29) is 45.4 Å². The number of allylic oxidation sites excluding steroid dienone is 1. The Morgan fingerprint density at radius 3 is 2.55 bits per heavy atom. The van der Waals surface area contributed by atoms with Crippen LogP contribution >= 0.6 is 0 Å². The molecule has 0 aromatic heterocycles. The topological polar surface area (TPSA) is 71.0 Å². The van der Waals surface area contributed by atoms with Crippen molar-refractivity contribution in [2.24, 2.45) is 0 Å². The molecular weight excluding hydrogens is 335 g/mol. The number of hydrogen-bond donors (Lipinski definition) is 3. The minimum Gasteiger partial charge on any atom is -0.394 e. The fourth-order valence-electron chi connectivity index (χ4n) is 2.36. The second-order valence-electron chi connectivity index (χ2n) is 4.89. The SMILES string of the molecule is CNCCCC/C=C/CC1OC(CO)C(OC)C1O.[Y]. The predicted octanol–water partition coefficient (Wildman–Crippen LogP) is 0.456. The third-order valence-corrected chi connectivity index (χ3v) is 3.47. The fraction of sp³-hybridized carbons (Fsp3) is 0.857. The van der Waals surface area contributed by atoms with E-state index in [4.69, 9.17) is 14.6 Å². The van der Waals surface area contributed by atoms with Crippen LogP contribution in [0, 0.1) is 0 Å². The first-order valence-corrected chi connectivity index (χ1v) is 7.01. The standard InChI is InChI=1S/C14H27NO4.Y/c1-15-9-7-5-3-4-6-8-11-13(17)14(18-2)12(10-16)19-11;/h4,6,11-17H,3,5,7-10H2,1-2H3;/b6-4+;. The summed E-state index contributed by atoms with van der Waals surface area (Å²) < 4.78 is 10.7. The van der Waals surface area contributed by atoms with E-state index in [0.717, 1.165) is 19.4 Å². The van der Waals surface area contributed by atoms with E-state index in [9.17, 15) is 5.11 Å². The summed E-state index contributed by atoms with van der Waals surface area (Å²) in [4.78, 5) is 0. The molecule has 0 saturated carbocycles. The van der Waals surface area contributed by atoms with Crippen molar-refractivity contribution in [3.63, 3.8) is 0 Å². The average molecular weight is 362 g/mol. The van der Waals surface area contributed by atoms with E-state index in [1.807, 2.05) is 13.1 Å². The molecule has 20 heavy (non-hydrogen) atoms. The van der Waals surface area contributed by atoms with Gasteiger partial charge in [-0.2, -0.15) is 0 Å². The summed E-state index contributed by atoms with van der Waals surface area (Å²) in [7, 11) is 3.48. The Morgan fingerprint density at radius 2 is 2.00 bits per heavy atom. The van der Waals surface area contributed by atoms with Gasteiger partial charge in [-0.3, -0.25) is 0 Å². The van der Waals surface area contributed by atoms with Crippen LogP contribution in [0.5, 0.6) is 0 Å². The maximum atomic E-state index is 10.0. The Bertz CT molecular complexity index is 266. The van der Waals surface area contributed by atoms with Crippen molar-refractivity contribution in [2.45, 2.75) is 50.1 Å². The van der Waals surface area contributed by atoms with Crippen LogP contribution in [-0.2, 0) is 42.2 Å². The molecule has 1 heterocycles. The third kappa shape index (κ3) is 6.60. The van der Waals surface area contributed by atoms with E-state index in [0.29, 0.717) is 6.42 Å². The predicted molar refractivity (Wildman–Crippen MR) is 74.1 cm³/mol. The molecule has 0 amide bonds. The molecule has 0 aromatic rings. The first-order valence-electron chi connectivity index (χ1n) is 7.01. The summed E-state index contributed by atoms with van der Waals surface area (Å²) in [5, 5.41) is 22.3. The largest absolute Gasteiger partial charge is 0.394 e. The second-order valence-corrected chi connectivity index (χ2v) is 4.89. The molecule has 4 unspecified atom stereocenters. The molecule has 0 aliphatic carbocycles. The molecule has 1 radical (unpaired) electrons. The Kier molecular flexibility index (Phi) is 12.6. The van der Waals surface area contributed by atoms with Crippen LogP contribution in [0.1, 0.15) is 25.7 Å². The zero-order valence-corrected chi connectivity index (χ0v) is 15.3. The summed E-state index contributed by atoms with van der Waals surface area (Å²) in [5.41, 5.74) is 0. The van der Waals surface area contributed by atoms with Gasteiger partial charge in [-0.05, 0) is 39.3 Å².